The molecule has 0 radical (unpaired) electrons. The van der Waals surface area contributed by atoms with Gasteiger partial charge < -0.3 is 0 Å². The van der Waals surface area contributed by atoms with Gasteiger partial charge in [-0.1, -0.05) is 53.2 Å². The van der Waals surface area contributed by atoms with Crippen LogP contribution in [0.3, 0.4) is 0 Å². The van der Waals surface area contributed by atoms with Crippen LogP contribution in [0.2, 0.25) is 5.02 Å². The largest absolute Gasteiger partial charge is 0.289 e. The Morgan fingerprint density at radius 1 is 1.23 bits per heavy atom. The smallest absolute Gasteiger partial charge is 0.186 e. The van der Waals surface area contributed by atoms with Crippen LogP contribution in [0.15, 0.2) is 58.3 Å². The van der Waals surface area contributed by atoms with E-state index < -0.39 is 0 Å². The van der Waals surface area contributed by atoms with E-state index in [9.17, 15) is 4.79 Å². The minimum absolute atomic E-state index is 0.00310. The Labute approximate surface area is 141 Å². The van der Waals surface area contributed by atoms with Crippen molar-refractivity contribution in [3.05, 3.63) is 70.1 Å². The molecule has 0 aliphatic rings. The van der Waals surface area contributed by atoms with Gasteiger partial charge in [-0.2, -0.15) is 0 Å². The SMILES string of the molecule is Cc1ccc(C(=O)/C=C/Sc2nc3cc(Cl)ccc3s2)cc1. The van der Waals surface area contributed by atoms with Crippen LogP contribution >= 0.6 is 34.7 Å². The molecule has 110 valence electrons. The fourth-order valence-electron chi connectivity index (χ4n) is 1.90. The average Bonchev–Trinajstić information content (AvgIpc) is 2.89. The van der Waals surface area contributed by atoms with Crippen molar-refractivity contribution in [2.45, 2.75) is 11.3 Å². The van der Waals surface area contributed by atoms with E-state index in [1.165, 1.54) is 11.8 Å². The molecule has 0 aliphatic heterocycles. The Balaban J connectivity index is 1.70. The van der Waals surface area contributed by atoms with Crippen molar-refractivity contribution in [2.75, 3.05) is 0 Å². The minimum Gasteiger partial charge on any atom is -0.289 e. The molecule has 3 aromatic rings. The number of carbonyl (C=O) groups is 1. The summed E-state index contributed by atoms with van der Waals surface area (Å²) >= 11 is 8.98. The van der Waals surface area contributed by atoms with Crippen molar-refractivity contribution in [3.63, 3.8) is 0 Å². The number of hydrogen-bond acceptors (Lipinski definition) is 4. The summed E-state index contributed by atoms with van der Waals surface area (Å²) in [7, 11) is 0. The highest BCUT2D eigenvalue weighted by molar-refractivity contribution is 8.03. The van der Waals surface area contributed by atoms with E-state index in [1.807, 2.05) is 49.4 Å². The first-order valence-corrected chi connectivity index (χ1v) is 8.69. The normalized spacial score (nSPS) is 11.4. The third-order valence-corrected chi connectivity index (χ3v) is 5.22. The maximum atomic E-state index is 12.0. The second-order valence-electron chi connectivity index (χ2n) is 4.74. The molecule has 0 spiro atoms. The van der Waals surface area contributed by atoms with Crippen molar-refractivity contribution < 1.29 is 4.79 Å². The number of ketones is 1. The number of hydrogen-bond donors (Lipinski definition) is 0. The van der Waals surface area contributed by atoms with E-state index in [2.05, 4.69) is 4.98 Å². The van der Waals surface area contributed by atoms with E-state index >= 15 is 0 Å². The van der Waals surface area contributed by atoms with Gasteiger partial charge in [0.1, 0.15) is 0 Å². The predicted molar refractivity (Wildman–Crippen MR) is 95.1 cm³/mol. The molecule has 0 saturated carbocycles. The number of aryl methyl sites for hydroxylation is 1. The van der Waals surface area contributed by atoms with Gasteiger partial charge >= 0.3 is 0 Å². The summed E-state index contributed by atoms with van der Waals surface area (Å²) in [4.78, 5) is 16.5. The van der Waals surface area contributed by atoms with Crippen LogP contribution in [0, 0.1) is 6.92 Å². The van der Waals surface area contributed by atoms with Crippen LogP contribution in [-0.4, -0.2) is 10.8 Å². The number of nitrogens with zero attached hydrogens (tertiary/aromatic N) is 1. The first-order valence-electron chi connectivity index (χ1n) is 6.62. The first-order chi connectivity index (χ1) is 10.6. The predicted octanol–water partition coefficient (Wildman–Crippen LogP) is 5.75. The second kappa shape index (κ2) is 6.65. The molecule has 0 N–H and O–H groups in total. The number of benzene rings is 2. The van der Waals surface area contributed by atoms with Gasteiger partial charge in [0.15, 0.2) is 10.1 Å². The average molecular weight is 346 g/mol. The summed E-state index contributed by atoms with van der Waals surface area (Å²) in [5.41, 5.74) is 2.72. The van der Waals surface area contributed by atoms with Crippen LogP contribution in [0.25, 0.3) is 10.2 Å². The van der Waals surface area contributed by atoms with Gasteiger partial charge in [0.2, 0.25) is 0 Å². The van der Waals surface area contributed by atoms with Gasteiger partial charge in [-0.15, -0.1) is 11.3 Å². The number of rotatable bonds is 4. The van der Waals surface area contributed by atoms with Crippen LogP contribution in [0.4, 0.5) is 0 Å². The molecule has 22 heavy (non-hydrogen) atoms. The van der Waals surface area contributed by atoms with Gasteiger partial charge in [-0.05, 0) is 36.6 Å². The van der Waals surface area contributed by atoms with E-state index in [-0.39, 0.29) is 5.78 Å². The summed E-state index contributed by atoms with van der Waals surface area (Å²) in [6.07, 6.45) is 1.58. The number of allylic oxidation sites excluding steroid dienone is 1. The Hall–Kier alpha value is -1.62. The molecular formula is C17H12ClNOS2. The van der Waals surface area contributed by atoms with Crippen LogP contribution in [0.5, 0.6) is 0 Å². The molecule has 0 fully saturated rings. The van der Waals surface area contributed by atoms with Crippen molar-refractivity contribution >= 4 is 50.7 Å². The number of thiazole rings is 1. The minimum atomic E-state index is -0.00310. The molecule has 1 heterocycles. The maximum absolute atomic E-state index is 12.0. The van der Waals surface area contributed by atoms with Gasteiger partial charge in [0.25, 0.3) is 0 Å². The van der Waals surface area contributed by atoms with Crippen LogP contribution in [0.1, 0.15) is 15.9 Å². The molecule has 0 unspecified atom stereocenters. The van der Waals surface area contributed by atoms with Crippen LogP contribution < -0.4 is 0 Å². The lowest BCUT2D eigenvalue weighted by Gasteiger charge is -1.96. The summed E-state index contributed by atoms with van der Waals surface area (Å²) in [6, 6.07) is 13.2. The molecule has 1 aromatic heterocycles. The van der Waals surface area contributed by atoms with Crippen molar-refractivity contribution in [1.82, 2.24) is 4.98 Å². The summed E-state index contributed by atoms with van der Waals surface area (Å²) in [5, 5.41) is 2.46. The zero-order valence-corrected chi connectivity index (χ0v) is 14.1. The fourth-order valence-corrected chi connectivity index (χ4v) is 3.83. The van der Waals surface area contributed by atoms with Crippen molar-refractivity contribution in [2.24, 2.45) is 0 Å². The highest BCUT2D eigenvalue weighted by atomic mass is 35.5. The standard InChI is InChI=1S/C17H12ClNOS2/c1-11-2-4-12(5-3-11)15(20)8-9-21-17-19-14-10-13(18)6-7-16(14)22-17/h2-10H,1H3/b9-8+. The van der Waals surface area contributed by atoms with E-state index in [0.717, 1.165) is 20.1 Å². The van der Waals surface area contributed by atoms with Gasteiger partial charge in [0, 0.05) is 10.6 Å². The molecule has 2 nitrogen and oxygen atoms in total. The first kappa shape index (κ1) is 15.3. The molecule has 3 rings (SSSR count). The highest BCUT2D eigenvalue weighted by Gasteiger charge is 2.04. The van der Waals surface area contributed by atoms with Gasteiger partial charge in [-0.25, -0.2) is 4.98 Å². The van der Waals surface area contributed by atoms with E-state index in [1.54, 1.807) is 22.8 Å². The lowest BCUT2D eigenvalue weighted by Crippen LogP contribution is -1.93. The van der Waals surface area contributed by atoms with Gasteiger partial charge in [0.05, 0.1) is 10.2 Å². The molecule has 0 atom stereocenters. The zero-order valence-electron chi connectivity index (χ0n) is 11.7. The Morgan fingerprint density at radius 2 is 2.00 bits per heavy atom. The number of aromatic nitrogens is 1. The zero-order chi connectivity index (χ0) is 15.5. The van der Waals surface area contributed by atoms with Gasteiger partial charge in [-0.3, -0.25) is 4.79 Å². The Kier molecular flexibility index (Phi) is 4.62. The molecule has 0 bridgehead atoms. The molecule has 0 saturated heterocycles. The van der Waals surface area contributed by atoms with E-state index in [0.29, 0.717) is 10.6 Å². The van der Waals surface area contributed by atoms with E-state index in [4.69, 9.17) is 11.6 Å². The number of carbonyl (C=O) groups excluding carboxylic acids is 1. The Bertz CT molecular complexity index is 853. The highest BCUT2D eigenvalue weighted by Crippen LogP contribution is 2.31. The third-order valence-electron chi connectivity index (χ3n) is 3.05. The lowest BCUT2D eigenvalue weighted by molar-refractivity contribution is 0.104. The number of thioether (sulfide) groups is 1. The summed E-state index contributed by atoms with van der Waals surface area (Å²) < 4.78 is 1.98. The summed E-state index contributed by atoms with van der Waals surface area (Å²) in [5.74, 6) is -0.00310. The maximum Gasteiger partial charge on any atom is 0.186 e. The fraction of sp³-hybridized carbons (Fsp3) is 0.0588. The third kappa shape index (κ3) is 3.58. The summed E-state index contributed by atoms with van der Waals surface area (Å²) in [6.45, 7) is 2.00. The monoisotopic (exact) mass is 345 g/mol. The lowest BCUT2D eigenvalue weighted by atomic mass is 10.1. The van der Waals surface area contributed by atoms with Crippen molar-refractivity contribution in [1.29, 1.82) is 0 Å². The topological polar surface area (TPSA) is 30.0 Å². The Morgan fingerprint density at radius 3 is 2.77 bits per heavy atom. The number of halogens is 1. The molecular weight excluding hydrogens is 334 g/mol. The van der Waals surface area contributed by atoms with Crippen molar-refractivity contribution in [3.8, 4) is 0 Å². The van der Waals surface area contributed by atoms with Crippen LogP contribution in [-0.2, 0) is 0 Å². The quantitative estimate of drug-likeness (QED) is 0.343. The molecule has 0 aliphatic carbocycles. The molecule has 0 amide bonds. The second-order valence-corrected chi connectivity index (χ2v) is 7.36. The molecule has 5 heteroatoms. The molecule has 2 aromatic carbocycles. The number of fused-ring (bicyclic) bond motifs is 1.